The van der Waals surface area contributed by atoms with E-state index in [0.29, 0.717) is 0 Å². The van der Waals surface area contributed by atoms with Gasteiger partial charge in [-0.2, -0.15) is 0 Å². The van der Waals surface area contributed by atoms with Crippen molar-refractivity contribution >= 4 is 0 Å². The molecular weight excluding hydrogens is 180 g/mol. The van der Waals surface area contributed by atoms with Crippen LogP contribution in [0, 0.1) is 6.92 Å². The Morgan fingerprint density at radius 3 is 1.87 bits per heavy atom. The molecule has 83 valence electrons. The van der Waals surface area contributed by atoms with Crippen LogP contribution >= 0.6 is 0 Å². The largest absolute Gasteiger partial charge is 0.0845 e. The molecule has 0 saturated heterocycles. The highest BCUT2D eigenvalue weighted by Crippen LogP contribution is 1.97. The van der Waals surface area contributed by atoms with E-state index in [0.717, 1.165) is 12.8 Å². The molecule has 0 unspecified atom stereocenters. The van der Waals surface area contributed by atoms with E-state index in [4.69, 9.17) is 0 Å². The fraction of sp³-hybridized carbons (Fsp3) is 0.400. The summed E-state index contributed by atoms with van der Waals surface area (Å²) in [7, 11) is 0. The summed E-state index contributed by atoms with van der Waals surface area (Å²) in [5.41, 5.74) is 0. The van der Waals surface area contributed by atoms with Crippen LogP contribution in [0.4, 0.5) is 0 Å². The van der Waals surface area contributed by atoms with Crippen molar-refractivity contribution < 1.29 is 0 Å². The van der Waals surface area contributed by atoms with Gasteiger partial charge in [0.15, 0.2) is 0 Å². The lowest BCUT2D eigenvalue weighted by atomic mass is 10.2. The average molecular weight is 203 g/mol. The van der Waals surface area contributed by atoms with Gasteiger partial charge in [-0.05, 0) is 26.2 Å². The fourth-order valence-corrected chi connectivity index (χ4v) is 1.12. The van der Waals surface area contributed by atoms with Gasteiger partial charge >= 0.3 is 0 Å². The van der Waals surface area contributed by atoms with Gasteiger partial charge in [-0.3, -0.25) is 0 Å². The first-order valence-electron chi connectivity index (χ1n) is 5.84. The van der Waals surface area contributed by atoms with E-state index in [9.17, 15) is 0 Å². The van der Waals surface area contributed by atoms with Crippen LogP contribution in [0.1, 0.15) is 39.0 Å². The molecule has 0 aromatic rings. The van der Waals surface area contributed by atoms with Crippen molar-refractivity contribution in [3.05, 3.63) is 55.5 Å². The van der Waals surface area contributed by atoms with Crippen molar-refractivity contribution in [1.82, 2.24) is 0 Å². The highest BCUT2D eigenvalue weighted by Gasteiger charge is 1.76. The summed E-state index contributed by atoms with van der Waals surface area (Å²) in [5.74, 6) is 0. The molecule has 0 atom stereocenters. The molecule has 0 aliphatic heterocycles. The molecule has 0 saturated carbocycles. The van der Waals surface area contributed by atoms with Crippen LogP contribution in [-0.2, 0) is 0 Å². The van der Waals surface area contributed by atoms with Crippen molar-refractivity contribution in [2.24, 2.45) is 0 Å². The number of rotatable bonds is 8. The fourth-order valence-electron chi connectivity index (χ4n) is 1.12. The van der Waals surface area contributed by atoms with Crippen LogP contribution in [0.5, 0.6) is 0 Å². The van der Waals surface area contributed by atoms with Crippen LogP contribution in [0.3, 0.4) is 0 Å². The molecule has 0 aromatic heterocycles. The molecule has 0 fully saturated rings. The van der Waals surface area contributed by atoms with Crippen LogP contribution in [0.15, 0.2) is 48.6 Å². The Morgan fingerprint density at radius 2 is 1.33 bits per heavy atom. The van der Waals surface area contributed by atoms with Gasteiger partial charge in [-0.25, -0.2) is 0 Å². The Balaban J connectivity index is 3.34. The Hall–Kier alpha value is -1.04. The van der Waals surface area contributed by atoms with Crippen molar-refractivity contribution in [3.63, 3.8) is 0 Å². The summed E-state index contributed by atoms with van der Waals surface area (Å²) in [4.78, 5) is 0. The minimum absolute atomic E-state index is 1.10. The summed E-state index contributed by atoms with van der Waals surface area (Å²) in [5, 5.41) is 0. The second kappa shape index (κ2) is 13.0. The standard InChI is InChI=1S/C15H23/c1-3-5-7-9-11-13-15-14-12-10-8-6-4-2/h3,5,7,9-10,12,14-15H,1,4,6,8,11,13H2,2H3/b5-3+,9-7+,12-10+,15-14+. The molecule has 15 heavy (non-hydrogen) atoms. The van der Waals surface area contributed by atoms with E-state index in [2.05, 4.69) is 44.2 Å². The maximum absolute atomic E-state index is 3.61. The van der Waals surface area contributed by atoms with E-state index in [1.54, 1.807) is 6.08 Å². The van der Waals surface area contributed by atoms with Crippen molar-refractivity contribution in [1.29, 1.82) is 0 Å². The third-order valence-electron chi connectivity index (χ3n) is 1.99. The third kappa shape index (κ3) is 13.0. The molecule has 0 heterocycles. The molecule has 0 N–H and O–H groups in total. The molecule has 0 nitrogen and oxygen atoms in total. The van der Waals surface area contributed by atoms with Gasteiger partial charge in [0, 0.05) is 0 Å². The van der Waals surface area contributed by atoms with Crippen LogP contribution < -0.4 is 0 Å². The van der Waals surface area contributed by atoms with E-state index in [-0.39, 0.29) is 0 Å². The number of hydrogen-bond donors (Lipinski definition) is 0. The minimum atomic E-state index is 1.10. The van der Waals surface area contributed by atoms with Crippen LogP contribution in [-0.4, -0.2) is 0 Å². The lowest BCUT2D eigenvalue weighted by Gasteiger charge is -1.86. The van der Waals surface area contributed by atoms with Crippen molar-refractivity contribution in [2.45, 2.75) is 39.0 Å². The predicted molar refractivity (Wildman–Crippen MR) is 70.7 cm³/mol. The smallest absolute Gasteiger partial charge is 0.0313 e. The van der Waals surface area contributed by atoms with Gasteiger partial charge in [0.05, 0.1) is 0 Å². The monoisotopic (exact) mass is 203 g/mol. The highest BCUT2D eigenvalue weighted by atomic mass is 13.8. The zero-order valence-electron chi connectivity index (χ0n) is 9.86. The minimum Gasteiger partial charge on any atom is -0.0845 e. The number of allylic oxidation sites excluding steroid dienone is 8. The van der Waals surface area contributed by atoms with E-state index >= 15 is 0 Å². The quantitative estimate of drug-likeness (QED) is 0.384. The van der Waals surface area contributed by atoms with Gasteiger partial charge in [-0.1, -0.05) is 68.4 Å². The summed E-state index contributed by atoms with van der Waals surface area (Å²) in [6.07, 6.45) is 22.7. The third-order valence-corrected chi connectivity index (χ3v) is 1.99. The molecule has 0 heteroatoms. The van der Waals surface area contributed by atoms with Gasteiger partial charge in [0.1, 0.15) is 0 Å². The summed E-state index contributed by atoms with van der Waals surface area (Å²) in [6, 6.07) is 0. The molecule has 0 aliphatic rings. The summed E-state index contributed by atoms with van der Waals surface area (Å²) in [6.45, 7) is 5.83. The SMILES string of the molecule is [CH2]/C=C/C=C/CC/C=C/C=C/CCCC. The zero-order valence-corrected chi connectivity index (χ0v) is 9.86. The van der Waals surface area contributed by atoms with Gasteiger partial charge in [-0.15, -0.1) is 0 Å². The lowest BCUT2D eigenvalue weighted by Crippen LogP contribution is -1.66. The molecule has 0 aromatic carbocycles. The van der Waals surface area contributed by atoms with Crippen LogP contribution in [0.2, 0.25) is 0 Å². The first-order chi connectivity index (χ1) is 7.41. The maximum atomic E-state index is 3.61. The van der Waals surface area contributed by atoms with E-state index in [1.165, 1.54) is 19.3 Å². The Bertz CT molecular complexity index is 216. The van der Waals surface area contributed by atoms with Crippen LogP contribution in [0.25, 0.3) is 0 Å². The normalized spacial score (nSPS) is 12.9. The second-order valence-corrected chi connectivity index (χ2v) is 3.43. The molecule has 0 amide bonds. The molecule has 1 radical (unpaired) electrons. The Morgan fingerprint density at radius 1 is 0.800 bits per heavy atom. The first-order valence-corrected chi connectivity index (χ1v) is 5.84. The summed E-state index contributed by atoms with van der Waals surface area (Å²) < 4.78 is 0. The van der Waals surface area contributed by atoms with Gasteiger partial charge in [0.25, 0.3) is 0 Å². The molecule has 0 spiro atoms. The average Bonchev–Trinajstić information content (AvgIpc) is 2.26. The van der Waals surface area contributed by atoms with Gasteiger partial charge < -0.3 is 0 Å². The topological polar surface area (TPSA) is 0 Å². The summed E-state index contributed by atoms with van der Waals surface area (Å²) >= 11 is 0. The zero-order chi connectivity index (χ0) is 11.2. The van der Waals surface area contributed by atoms with Gasteiger partial charge in [0.2, 0.25) is 0 Å². The van der Waals surface area contributed by atoms with E-state index < -0.39 is 0 Å². The molecule has 0 rings (SSSR count). The molecule has 0 bridgehead atoms. The first kappa shape index (κ1) is 14.0. The van der Waals surface area contributed by atoms with E-state index in [1.807, 2.05) is 12.2 Å². The number of hydrogen-bond acceptors (Lipinski definition) is 0. The number of unbranched alkanes of at least 4 members (excludes halogenated alkanes) is 3. The maximum Gasteiger partial charge on any atom is -0.0313 e. The Kier molecular flexibility index (Phi) is 12.1. The highest BCUT2D eigenvalue weighted by molar-refractivity contribution is 5.05. The molecule has 0 aliphatic carbocycles. The van der Waals surface area contributed by atoms with Crippen molar-refractivity contribution in [2.75, 3.05) is 0 Å². The predicted octanol–water partition coefficient (Wildman–Crippen LogP) is 5.02. The second-order valence-electron chi connectivity index (χ2n) is 3.43. The molecular formula is C15H23. The Labute approximate surface area is 95.1 Å². The lowest BCUT2D eigenvalue weighted by molar-refractivity contribution is 0.815. The van der Waals surface area contributed by atoms with Crippen molar-refractivity contribution in [3.8, 4) is 0 Å².